The summed E-state index contributed by atoms with van der Waals surface area (Å²) in [5.41, 5.74) is 2.57. The molecule has 0 aliphatic rings. The van der Waals surface area contributed by atoms with E-state index in [0.29, 0.717) is 5.56 Å². The molecule has 0 fully saturated rings. The lowest BCUT2D eigenvalue weighted by Crippen LogP contribution is -2.18. The standard InChI is InChI=1S/C19H15N3O5/c1-27-17-10-14(22(25)26)9-13(18(17)23)11-20-21-19(24)16-8-4-6-12-5-2-3-7-15(12)16/h2-11,23H,1H3,(H,21,24)/b20-11-. The van der Waals surface area contributed by atoms with Crippen molar-refractivity contribution in [1.82, 2.24) is 5.43 Å². The van der Waals surface area contributed by atoms with E-state index in [2.05, 4.69) is 10.5 Å². The van der Waals surface area contributed by atoms with Gasteiger partial charge in [0.25, 0.3) is 11.6 Å². The zero-order valence-electron chi connectivity index (χ0n) is 14.2. The molecule has 0 aliphatic carbocycles. The predicted octanol–water partition coefficient (Wildman–Crippen LogP) is 3.23. The Bertz CT molecular complexity index is 1060. The second kappa shape index (κ2) is 7.52. The number of fused-ring (bicyclic) bond motifs is 1. The number of rotatable bonds is 5. The molecule has 0 spiro atoms. The molecule has 0 radical (unpaired) electrons. The normalized spacial score (nSPS) is 10.9. The number of non-ortho nitro benzene ring substituents is 1. The highest BCUT2D eigenvalue weighted by Gasteiger charge is 2.16. The number of phenolic OH excluding ortho intramolecular Hbond substituents is 1. The summed E-state index contributed by atoms with van der Waals surface area (Å²) in [6.45, 7) is 0. The summed E-state index contributed by atoms with van der Waals surface area (Å²) in [5, 5.41) is 26.5. The van der Waals surface area contributed by atoms with Crippen molar-refractivity contribution >= 4 is 28.6 Å². The van der Waals surface area contributed by atoms with E-state index in [4.69, 9.17) is 4.74 Å². The highest BCUT2D eigenvalue weighted by Crippen LogP contribution is 2.33. The topological polar surface area (TPSA) is 114 Å². The number of phenols is 1. The number of nitro groups is 1. The SMILES string of the molecule is COc1cc([N+](=O)[O-])cc(/C=N\NC(=O)c2cccc3ccccc23)c1O. The Morgan fingerprint density at radius 3 is 2.70 bits per heavy atom. The van der Waals surface area contributed by atoms with Crippen molar-refractivity contribution in [2.75, 3.05) is 7.11 Å². The van der Waals surface area contributed by atoms with Crippen molar-refractivity contribution in [2.24, 2.45) is 5.10 Å². The number of amides is 1. The van der Waals surface area contributed by atoms with Gasteiger partial charge in [-0.15, -0.1) is 0 Å². The average molecular weight is 365 g/mol. The molecule has 136 valence electrons. The maximum absolute atomic E-state index is 12.4. The van der Waals surface area contributed by atoms with E-state index in [1.807, 2.05) is 30.3 Å². The molecule has 0 bridgehead atoms. The Labute approximate surface area is 153 Å². The molecule has 8 heteroatoms. The molecule has 3 aromatic rings. The molecular weight excluding hydrogens is 350 g/mol. The van der Waals surface area contributed by atoms with Gasteiger partial charge in [0.15, 0.2) is 11.5 Å². The number of aromatic hydroxyl groups is 1. The van der Waals surface area contributed by atoms with Gasteiger partial charge in [0, 0.05) is 17.2 Å². The predicted molar refractivity (Wildman–Crippen MR) is 100 cm³/mol. The number of nitrogens with zero attached hydrogens (tertiary/aromatic N) is 2. The molecule has 2 N–H and O–H groups in total. The summed E-state index contributed by atoms with van der Waals surface area (Å²) in [7, 11) is 1.28. The number of hydrazone groups is 1. The van der Waals surface area contributed by atoms with Crippen LogP contribution in [-0.4, -0.2) is 29.3 Å². The average Bonchev–Trinajstić information content (AvgIpc) is 2.68. The smallest absolute Gasteiger partial charge is 0.274 e. The van der Waals surface area contributed by atoms with Gasteiger partial charge in [0.1, 0.15) is 0 Å². The van der Waals surface area contributed by atoms with Gasteiger partial charge in [0.2, 0.25) is 0 Å². The van der Waals surface area contributed by atoms with E-state index >= 15 is 0 Å². The number of carbonyl (C=O) groups is 1. The Morgan fingerprint density at radius 1 is 1.22 bits per heavy atom. The lowest BCUT2D eigenvalue weighted by Gasteiger charge is -2.06. The molecule has 27 heavy (non-hydrogen) atoms. The van der Waals surface area contributed by atoms with Crippen LogP contribution in [0.1, 0.15) is 15.9 Å². The molecule has 0 saturated heterocycles. The number of hydrogen-bond donors (Lipinski definition) is 2. The lowest BCUT2D eigenvalue weighted by molar-refractivity contribution is -0.385. The molecule has 0 atom stereocenters. The zero-order chi connectivity index (χ0) is 19.4. The maximum atomic E-state index is 12.4. The van der Waals surface area contributed by atoms with Crippen LogP contribution in [-0.2, 0) is 0 Å². The van der Waals surface area contributed by atoms with Gasteiger partial charge >= 0.3 is 0 Å². The number of methoxy groups -OCH3 is 1. The minimum atomic E-state index is -0.617. The van der Waals surface area contributed by atoms with Gasteiger partial charge < -0.3 is 9.84 Å². The van der Waals surface area contributed by atoms with Crippen LogP contribution in [0.25, 0.3) is 10.8 Å². The Kier molecular flexibility index (Phi) is 4.98. The van der Waals surface area contributed by atoms with Crippen molar-refractivity contribution < 1.29 is 19.6 Å². The quantitative estimate of drug-likeness (QED) is 0.409. The third kappa shape index (κ3) is 3.69. The Morgan fingerprint density at radius 2 is 1.96 bits per heavy atom. The minimum absolute atomic E-state index is 0.0410. The van der Waals surface area contributed by atoms with Gasteiger partial charge in [-0.3, -0.25) is 14.9 Å². The van der Waals surface area contributed by atoms with Crippen LogP contribution in [0.3, 0.4) is 0 Å². The van der Waals surface area contributed by atoms with E-state index < -0.39 is 10.8 Å². The Hall–Kier alpha value is -3.94. The van der Waals surface area contributed by atoms with Gasteiger partial charge in [-0.25, -0.2) is 5.43 Å². The number of hydrogen-bond acceptors (Lipinski definition) is 6. The highest BCUT2D eigenvalue weighted by molar-refractivity contribution is 6.07. The van der Waals surface area contributed by atoms with Crippen LogP contribution < -0.4 is 10.2 Å². The second-order valence-corrected chi connectivity index (χ2v) is 5.57. The molecule has 0 unspecified atom stereocenters. The van der Waals surface area contributed by atoms with Gasteiger partial charge in [-0.2, -0.15) is 5.10 Å². The molecule has 8 nitrogen and oxygen atoms in total. The van der Waals surface area contributed by atoms with Gasteiger partial charge in [-0.1, -0.05) is 36.4 Å². The molecule has 0 heterocycles. The number of ether oxygens (including phenoxy) is 1. The van der Waals surface area contributed by atoms with Gasteiger partial charge in [0.05, 0.1) is 24.3 Å². The summed E-state index contributed by atoms with van der Waals surface area (Å²) in [6, 6.07) is 15.0. The third-order valence-corrected chi connectivity index (χ3v) is 3.92. The summed E-state index contributed by atoms with van der Waals surface area (Å²) >= 11 is 0. The molecule has 0 aliphatic heterocycles. The fraction of sp³-hybridized carbons (Fsp3) is 0.0526. The first-order chi connectivity index (χ1) is 13.0. The molecule has 3 aromatic carbocycles. The van der Waals surface area contributed by atoms with Crippen LogP contribution in [0.5, 0.6) is 11.5 Å². The monoisotopic (exact) mass is 365 g/mol. The van der Waals surface area contributed by atoms with Gasteiger partial charge in [-0.05, 0) is 16.8 Å². The van der Waals surface area contributed by atoms with Crippen molar-refractivity contribution in [2.45, 2.75) is 0 Å². The zero-order valence-corrected chi connectivity index (χ0v) is 14.2. The fourth-order valence-electron chi connectivity index (χ4n) is 2.62. The van der Waals surface area contributed by atoms with E-state index in [1.54, 1.807) is 12.1 Å². The molecule has 0 saturated carbocycles. The summed E-state index contributed by atoms with van der Waals surface area (Å²) in [5.74, 6) is -0.822. The van der Waals surface area contributed by atoms with E-state index in [1.165, 1.54) is 7.11 Å². The second-order valence-electron chi connectivity index (χ2n) is 5.57. The van der Waals surface area contributed by atoms with Crippen molar-refractivity contribution in [3.63, 3.8) is 0 Å². The van der Waals surface area contributed by atoms with Crippen LogP contribution >= 0.6 is 0 Å². The molecule has 0 aromatic heterocycles. The van der Waals surface area contributed by atoms with Crippen LogP contribution in [0.4, 0.5) is 5.69 Å². The first-order valence-corrected chi connectivity index (χ1v) is 7.88. The first-order valence-electron chi connectivity index (χ1n) is 7.88. The number of nitro benzene ring substituents is 1. The van der Waals surface area contributed by atoms with Crippen molar-refractivity contribution in [3.8, 4) is 11.5 Å². The summed E-state index contributed by atoms with van der Waals surface area (Å²) in [6.07, 6.45) is 1.12. The minimum Gasteiger partial charge on any atom is -0.504 e. The molecule has 3 rings (SSSR count). The number of carbonyl (C=O) groups excluding carboxylic acids is 1. The maximum Gasteiger partial charge on any atom is 0.274 e. The van der Waals surface area contributed by atoms with E-state index in [-0.39, 0.29) is 22.7 Å². The van der Waals surface area contributed by atoms with Crippen LogP contribution in [0, 0.1) is 10.1 Å². The van der Waals surface area contributed by atoms with Crippen LogP contribution in [0.2, 0.25) is 0 Å². The fourth-order valence-corrected chi connectivity index (χ4v) is 2.62. The first kappa shape index (κ1) is 17.9. The summed E-state index contributed by atoms with van der Waals surface area (Å²) < 4.78 is 4.92. The number of benzene rings is 3. The third-order valence-electron chi connectivity index (χ3n) is 3.92. The lowest BCUT2D eigenvalue weighted by atomic mass is 10.0. The van der Waals surface area contributed by atoms with E-state index in [9.17, 15) is 20.0 Å². The van der Waals surface area contributed by atoms with E-state index in [0.717, 1.165) is 29.1 Å². The van der Waals surface area contributed by atoms with Crippen molar-refractivity contribution in [1.29, 1.82) is 0 Å². The number of nitrogens with one attached hydrogen (secondary N) is 1. The Balaban J connectivity index is 1.86. The molecular formula is C19H15N3O5. The van der Waals surface area contributed by atoms with Crippen LogP contribution in [0.15, 0.2) is 59.7 Å². The highest BCUT2D eigenvalue weighted by atomic mass is 16.6. The summed E-state index contributed by atoms with van der Waals surface area (Å²) in [4.78, 5) is 22.8. The molecule has 1 amide bonds. The van der Waals surface area contributed by atoms with Crippen molar-refractivity contribution in [3.05, 3.63) is 75.8 Å². The largest absolute Gasteiger partial charge is 0.504 e.